The summed E-state index contributed by atoms with van der Waals surface area (Å²) >= 11 is 6.22. The fourth-order valence-corrected chi connectivity index (χ4v) is 3.35. The fourth-order valence-electron chi connectivity index (χ4n) is 3.18. The van der Waals surface area contributed by atoms with Gasteiger partial charge in [0.1, 0.15) is 12.4 Å². The summed E-state index contributed by atoms with van der Waals surface area (Å²) < 4.78 is 24.8. The van der Waals surface area contributed by atoms with Gasteiger partial charge in [-0.2, -0.15) is 0 Å². The molecule has 5 heteroatoms. The van der Waals surface area contributed by atoms with Crippen molar-refractivity contribution in [1.82, 2.24) is 0 Å². The predicted octanol–water partition coefficient (Wildman–Crippen LogP) is 6.72. The number of hydrogen-bond donors (Lipinski definition) is 1. The van der Waals surface area contributed by atoms with Crippen LogP contribution in [0, 0.1) is 12.7 Å². The van der Waals surface area contributed by atoms with Gasteiger partial charge in [-0.15, -0.1) is 6.58 Å². The van der Waals surface area contributed by atoms with Crippen molar-refractivity contribution >= 4 is 17.3 Å². The second-order valence-electron chi connectivity index (χ2n) is 6.96. The minimum absolute atomic E-state index is 0.268. The minimum atomic E-state index is -0.268. The van der Waals surface area contributed by atoms with E-state index in [4.69, 9.17) is 21.1 Å². The van der Waals surface area contributed by atoms with Crippen LogP contribution in [0.4, 0.5) is 10.1 Å². The molecule has 0 unspecified atom stereocenters. The summed E-state index contributed by atoms with van der Waals surface area (Å²) in [5, 5.41) is 4.16. The largest absolute Gasteiger partial charge is 0.493 e. The van der Waals surface area contributed by atoms with Crippen molar-refractivity contribution in [3.8, 4) is 11.5 Å². The van der Waals surface area contributed by atoms with Crippen molar-refractivity contribution in [2.24, 2.45) is 0 Å². The van der Waals surface area contributed by atoms with Gasteiger partial charge >= 0.3 is 0 Å². The summed E-state index contributed by atoms with van der Waals surface area (Å²) in [5.74, 6) is 1.05. The van der Waals surface area contributed by atoms with E-state index in [9.17, 15) is 4.39 Å². The number of anilines is 1. The van der Waals surface area contributed by atoms with Crippen molar-refractivity contribution in [1.29, 1.82) is 0 Å². The second kappa shape index (κ2) is 10.2. The van der Waals surface area contributed by atoms with Crippen LogP contribution >= 0.6 is 11.6 Å². The van der Waals surface area contributed by atoms with Crippen LogP contribution in [0.2, 0.25) is 5.02 Å². The van der Waals surface area contributed by atoms with E-state index >= 15 is 0 Å². The average Bonchev–Trinajstić information content (AvgIpc) is 2.75. The van der Waals surface area contributed by atoms with Gasteiger partial charge in [0.05, 0.1) is 7.11 Å². The predicted molar refractivity (Wildman–Crippen MR) is 121 cm³/mol. The molecular weight excluding hydrogens is 401 g/mol. The van der Waals surface area contributed by atoms with Gasteiger partial charge in [0, 0.05) is 22.8 Å². The van der Waals surface area contributed by atoms with E-state index in [1.54, 1.807) is 19.2 Å². The zero-order valence-electron chi connectivity index (χ0n) is 17.2. The first-order valence-corrected chi connectivity index (χ1v) is 10.1. The molecule has 0 aliphatic carbocycles. The van der Waals surface area contributed by atoms with Crippen LogP contribution in [0.15, 0.2) is 67.3 Å². The van der Waals surface area contributed by atoms with E-state index in [1.165, 1.54) is 12.1 Å². The first-order chi connectivity index (χ1) is 14.5. The van der Waals surface area contributed by atoms with Crippen molar-refractivity contribution in [2.75, 3.05) is 12.4 Å². The molecule has 0 saturated heterocycles. The van der Waals surface area contributed by atoms with Crippen LogP contribution in [-0.4, -0.2) is 7.11 Å². The summed E-state index contributed by atoms with van der Waals surface area (Å²) in [5.41, 5.74) is 4.91. The Hall–Kier alpha value is -2.98. The third-order valence-corrected chi connectivity index (χ3v) is 5.23. The van der Waals surface area contributed by atoms with E-state index in [0.717, 1.165) is 33.0 Å². The lowest BCUT2D eigenvalue weighted by Crippen LogP contribution is -2.05. The summed E-state index contributed by atoms with van der Waals surface area (Å²) in [6, 6.07) is 16.1. The zero-order valence-corrected chi connectivity index (χ0v) is 17.9. The number of allylic oxidation sites excluding steroid dienone is 1. The Labute approximate surface area is 182 Å². The Kier molecular flexibility index (Phi) is 7.36. The SMILES string of the molecule is C=CCc1cc(CNc2cccc(Cl)c2C)cc(OC)c1OCc1ccc(F)cc1. The number of benzene rings is 3. The zero-order chi connectivity index (χ0) is 21.5. The molecule has 3 aromatic rings. The third-order valence-electron chi connectivity index (χ3n) is 4.82. The van der Waals surface area contributed by atoms with Crippen LogP contribution < -0.4 is 14.8 Å². The van der Waals surface area contributed by atoms with Crippen molar-refractivity contribution in [3.63, 3.8) is 0 Å². The van der Waals surface area contributed by atoms with Crippen LogP contribution in [0.25, 0.3) is 0 Å². The molecule has 3 rings (SSSR count). The maximum Gasteiger partial charge on any atom is 0.165 e. The van der Waals surface area contributed by atoms with Gasteiger partial charge in [-0.05, 0) is 66.4 Å². The highest BCUT2D eigenvalue weighted by molar-refractivity contribution is 6.31. The lowest BCUT2D eigenvalue weighted by molar-refractivity contribution is 0.281. The molecular formula is C25H25ClFNO2. The normalized spacial score (nSPS) is 10.5. The minimum Gasteiger partial charge on any atom is -0.493 e. The molecule has 0 saturated carbocycles. The molecule has 3 nitrogen and oxygen atoms in total. The Morgan fingerprint density at radius 1 is 1.10 bits per heavy atom. The summed E-state index contributed by atoms with van der Waals surface area (Å²) in [6.45, 7) is 6.77. The van der Waals surface area contributed by atoms with Gasteiger partial charge in [-0.1, -0.05) is 35.9 Å². The summed E-state index contributed by atoms with van der Waals surface area (Å²) in [6.07, 6.45) is 2.47. The number of rotatable bonds is 9. The van der Waals surface area contributed by atoms with E-state index in [-0.39, 0.29) is 5.82 Å². The smallest absolute Gasteiger partial charge is 0.165 e. The molecule has 30 heavy (non-hydrogen) atoms. The Morgan fingerprint density at radius 2 is 1.87 bits per heavy atom. The van der Waals surface area contributed by atoms with Crippen LogP contribution in [0.5, 0.6) is 11.5 Å². The lowest BCUT2D eigenvalue weighted by atomic mass is 10.0. The van der Waals surface area contributed by atoms with Crippen molar-refractivity contribution in [3.05, 3.63) is 100 Å². The maximum atomic E-state index is 13.1. The Morgan fingerprint density at radius 3 is 2.57 bits per heavy atom. The molecule has 3 aromatic carbocycles. The van der Waals surface area contributed by atoms with Crippen molar-refractivity contribution in [2.45, 2.75) is 26.5 Å². The van der Waals surface area contributed by atoms with E-state index < -0.39 is 0 Å². The van der Waals surface area contributed by atoms with Gasteiger partial charge in [0.25, 0.3) is 0 Å². The van der Waals surface area contributed by atoms with Gasteiger partial charge < -0.3 is 14.8 Å². The highest BCUT2D eigenvalue weighted by Crippen LogP contribution is 2.35. The number of nitrogens with one attached hydrogen (secondary N) is 1. The van der Waals surface area contributed by atoms with Gasteiger partial charge in [0.15, 0.2) is 11.5 Å². The molecule has 0 bridgehead atoms. The van der Waals surface area contributed by atoms with Gasteiger partial charge in [-0.25, -0.2) is 4.39 Å². The molecule has 0 atom stereocenters. The van der Waals surface area contributed by atoms with E-state index in [0.29, 0.717) is 31.1 Å². The molecule has 0 fully saturated rings. The van der Waals surface area contributed by atoms with Gasteiger partial charge in [-0.3, -0.25) is 0 Å². The Bertz CT molecular complexity index is 1020. The van der Waals surface area contributed by atoms with Gasteiger partial charge in [0.2, 0.25) is 0 Å². The highest BCUT2D eigenvalue weighted by Gasteiger charge is 2.14. The quantitative estimate of drug-likeness (QED) is 0.386. The maximum absolute atomic E-state index is 13.1. The number of methoxy groups -OCH3 is 1. The molecule has 0 spiro atoms. The number of ether oxygens (including phenoxy) is 2. The third kappa shape index (κ3) is 5.33. The van der Waals surface area contributed by atoms with E-state index in [2.05, 4.69) is 18.0 Å². The summed E-state index contributed by atoms with van der Waals surface area (Å²) in [4.78, 5) is 0. The number of halogens is 2. The molecule has 0 heterocycles. The number of hydrogen-bond acceptors (Lipinski definition) is 3. The van der Waals surface area contributed by atoms with Crippen LogP contribution in [0.3, 0.4) is 0 Å². The molecule has 1 N–H and O–H groups in total. The standard InChI is InChI=1S/C25H25ClFNO2/c1-4-6-20-13-19(15-28-23-8-5-7-22(26)17(23)2)14-24(29-3)25(20)30-16-18-9-11-21(27)12-10-18/h4-5,7-14,28H,1,6,15-16H2,2-3H3. The highest BCUT2D eigenvalue weighted by atomic mass is 35.5. The monoisotopic (exact) mass is 425 g/mol. The molecule has 0 aromatic heterocycles. The first kappa shape index (κ1) is 21.7. The van der Waals surface area contributed by atoms with Crippen LogP contribution in [-0.2, 0) is 19.6 Å². The fraction of sp³-hybridized carbons (Fsp3) is 0.200. The molecule has 156 valence electrons. The molecule has 0 aliphatic rings. The topological polar surface area (TPSA) is 30.5 Å². The second-order valence-corrected chi connectivity index (χ2v) is 7.37. The average molecular weight is 426 g/mol. The van der Waals surface area contributed by atoms with E-state index in [1.807, 2.05) is 37.3 Å². The van der Waals surface area contributed by atoms with Crippen LogP contribution in [0.1, 0.15) is 22.3 Å². The molecule has 0 radical (unpaired) electrons. The molecule has 0 amide bonds. The molecule has 0 aliphatic heterocycles. The van der Waals surface area contributed by atoms with Crippen molar-refractivity contribution < 1.29 is 13.9 Å². The Balaban J connectivity index is 1.82. The lowest BCUT2D eigenvalue weighted by Gasteiger charge is -2.18. The first-order valence-electron chi connectivity index (χ1n) is 9.68. The summed E-state index contributed by atoms with van der Waals surface area (Å²) in [7, 11) is 1.62.